The van der Waals surface area contributed by atoms with Gasteiger partial charge in [0.1, 0.15) is 0 Å². The Labute approximate surface area is 118 Å². The van der Waals surface area contributed by atoms with E-state index in [1.165, 1.54) is 0 Å². The minimum atomic E-state index is -0.714. The van der Waals surface area contributed by atoms with E-state index in [0.717, 1.165) is 11.3 Å². The lowest BCUT2D eigenvalue weighted by Crippen LogP contribution is -2.27. The topological polar surface area (TPSA) is 98.8 Å². The minimum Gasteiger partial charge on any atom is -0.398 e. The maximum absolute atomic E-state index is 11.9. The third kappa shape index (κ3) is 3.47. The largest absolute Gasteiger partial charge is 0.398 e. The molecule has 2 rings (SSSR count). The van der Waals surface area contributed by atoms with Crippen LogP contribution in [0.4, 0.5) is 11.4 Å². The number of carbonyl (C=O) groups is 1. The molecule has 1 fully saturated rings. The van der Waals surface area contributed by atoms with E-state index >= 15 is 0 Å². The van der Waals surface area contributed by atoms with Crippen LogP contribution in [0.1, 0.15) is 12.0 Å². The number of anilines is 2. The highest BCUT2D eigenvalue weighted by Gasteiger charge is 2.29. The quantitative estimate of drug-likeness (QED) is 0.579. The van der Waals surface area contributed by atoms with E-state index in [1.807, 2.05) is 17.9 Å². The Morgan fingerprint density at radius 1 is 1.40 bits per heavy atom. The predicted molar refractivity (Wildman–Crippen MR) is 77.3 cm³/mol. The van der Waals surface area contributed by atoms with E-state index in [4.69, 9.17) is 5.73 Å². The summed E-state index contributed by atoms with van der Waals surface area (Å²) in [6, 6.07) is 5.40. The summed E-state index contributed by atoms with van der Waals surface area (Å²) >= 11 is 0. The van der Waals surface area contributed by atoms with Gasteiger partial charge in [-0.1, -0.05) is 6.07 Å². The first-order valence-electron chi connectivity index (χ1n) is 6.71. The van der Waals surface area contributed by atoms with Crippen LogP contribution in [0.25, 0.3) is 0 Å². The van der Waals surface area contributed by atoms with Gasteiger partial charge in [0.05, 0.1) is 12.2 Å². The summed E-state index contributed by atoms with van der Waals surface area (Å²) in [5, 5.41) is 21.7. The molecule has 2 unspecified atom stereocenters. The fraction of sp³-hybridized carbons (Fsp3) is 0.500. The van der Waals surface area contributed by atoms with E-state index in [-0.39, 0.29) is 5.91 Å². The molecule has 1 saturated heterocycles. The van der Waals surface area contributed by atoms with E-state index < -0.39 is 12.2 Å². The van der Waals surface area contributed by atoms with Crippen molar-refractivity contribution in [2.24, 2.45) is 0 Å². The maximum atomic E-state index is 11.9. The molecule has 1 heterocycles. The minimum absolute atomic E-state index is 0.102. The second kappa shape index (κ2) is 6.21. The molecule has 0 saturated carbocycles. The summed E-state index contributed by atoms with van der Waals surface area (Å²) in [5.74, 6) is -0.102. The average Bonchev–Trinajstić information content (AvgIpc) is 2.72. The highest BCUT2D eigenvalue weighted by atomic mass is 16.3. The SMILES string of the molecule is Cc1c(N)cccc1NC(=O)CCN1CC(O)C(O)C1. The van der Waals surface area contributed by atoms with Crippen molar-refractivity contribution in [2.45, 2.75) is 25.6 Å². The van der Waals surface area contributed by atoms with Gasteiger partial charge in [0, 0.05) is 37.4 Å². The number of aliphatic hydroxyl groups excluding tert-OH is 2. The lowest BCUT2D eigenvalue weighted by molar-refractivity contribution is -0.116. The number of nitrogens with one attached hydrogen (secondary N) is 1. The molecule has 1 aliphatic heterocycles. The number of nitrogens with zero attached hydrogens (tertiary/aromatic N) is 1. The van der Waals surface area contributed by atoms with Crippen molar-refractivity contribution in [1.29, 1.82) is 0 Å². The maximum Gasteiger partial charge on any atom is 0.225 e. The van der Waals surface area contributed by atoms with Gasteiger partial charge in [-0.2, -0.15) is 0 Å². The summed E-state index contributed by atoms with van der Waals surface area (Å²) in [6.07, 6.45) is -1.11. The zero-order chi connectivity index (χ0) is 14.7. The van der Waals surface area contributed by atoms with Crippen LogP contribution in [-0.4, -0.2) is 52.9 Å². The monoisotopic (exact) mass is 279 g/mol. The molecule has 0 aliphatic carbocycles. The number of benzene rings is 1. The number of rotatable bonds is 4. The van der Waals surface area contributed by atoms with Crippen molar-refractivity contribution in [3.8, 4) is 0 Å². The normalized spacial score (nSPS) is 22.9. The fourth-order valence-electron chi connectivity index (χ4n) is 2.29. The Kier molecular flexibility index (Phi) is 4.59. The second-order valence-corrected chi connectivity index (χ2v) is 5.21. The Morgan fingerprint density at radius 2 is 2.05 bits per heavy atom. The molecule has 2 atom stereocenters. The van der Waals surface area contributed by atoms with E-state index in [9.17, 15) is 15.0 Å². The lowest BCUT2D eigenvalue weighted by atomic mass is 10.1. The van der Waals surface area contributed by atoms with Gasteiger partial charge in [0.25, 0.3) is 0 Å². The average molecular weight is 279 g/mol. The zero-order valence-electron chi connectivity index (χ0n) is 11.5. The summed E-state index contributed by atoms with van der Waals surface area (Å²) in [6.45, 7) is 3.19. The van der Waals surface area contributed by atoms with Crippen LogP contribution in [0.2, 0.25) is 0 Å². The molecule has 0 aromatic heterocycles. The van der Waals surface area contributed by atoms with Gasteiger partial charge in [-0.05, 0) is 24.6 Å². The van der Waals surface area contributed by atoms with Crippen molar-refractivity contribution in [2.75, 3.05) is 30.7 Å². The number of aliphatic hydroxyl groups is 2. The van der Waals surface area contributed by atoms with Gasteiger partial charge in [-0.15, -0.1) is 0 Å². The molecule has 5 N–H and O–H groups in total. The number of nitrogens with two attached hydrogens (primary N) is 1. The van der Waals surface area contributed by atoms with Crippen LogP contribution < -0.4 is 11.1 Å². The number of carbonyl (C=O) groups excluding carboxylic acids is 1. The van der Waals surface area contributed by atoms with Gasteiger partial charge in [0.2, 0.25) is 5.91 Å². The molecule has 0 bridgehead atoms. The van der Waals surface area contributed by atoms with Crippen LogP contribution in [-0.2, 0) is 4.79 Å². The first-order chi connectivity index (χ1) is 9.47. The number of likely N-dealkylation sites (tertiary alicyclic amines) is 1. The summed E-state index contributed by atoms with van der Waals surface area (Å²) in [4.78, 5) is 13.8. The zero-order valence-corrected chi connectivity index (χ0v) is 11.5. The van der Waals surface area contributed by atoms with E-state index in [0.29, 0.717) is 31.7 Å². The molecule has 1 amide bonds. The first-order valence-corrected chi connectivity index (χ1v) is 6.71. The second-order valence-electron chi connectivity index (χ2n) is 5.21. The number of hydrogen-bond acceptors (Lipinski definition) is 5. The molecule has 6 heteroatoms. The smallest absolute Gasteiger partial charge is 0.225 e. The number of amides is 1. The van der Waals surface area contributed by atoms with Crippen LogP contribution in [0, 0.1) is 6.92 Å². The molecule has 1 aromatic carbocycles. The van der Waals surface area contributed by atoms with Crippen molar-refractivity contribution in [3.63, 3.8) is 0 Å². The third-order valence-electron chi connectivity index (χ3n) is 3.64. The number of β-amino-alcohol motifs (C(OH)–C–C–N with tert-alkyl or cyclic N) is 2. The van der Waals surface area contributed by atoms with Gasteiger partial charge >= 0.3 is 0 Å². The number of hydrogen-bond donors (Lipinski definition) is 4. The summed E-state index contributed by atoms with van der Waals surface area (Å²) in [5.41, 5.74) is 8.01. The molecule has 1 aromatic rings. The molecule has 6 nitrogen and oxygen atoms in total. The molecule has 20 heavy (non-hydrogen) atoms. The Bertz CT molecular complexity index is 483. The van der Waals surface area contributed by atoms with E-state index in [1.54, 1.807) is 12.1 Å². The highest BCUT2D eigenvalue weighted by molar-refractivity contribution is 5.92. The fourth-order valence-corrected chi connectivity index (χ4v) is 2.29. The lowest BCUT2D eigenvalue weighted by Gasteiger charge is -2.15. The Hall–Kier alpha value is -1.63. The van der Waals surface area contributed by atoms with Crippen molar-refractivity contribution in [3.05, 3.63) is 23.8 Å². The highest BCUT2D eigenvalue weighted by Crippen LogP contribution is 2.20. The van der Waals surface area contributed by atoms with Crippen LogP contribution >= 0.6 is 0 Å². The summed E-state index contributed by atoms with van der Waals surface area (Å²) in [7, 11) is 0. The van der Waals surface area contributed by atoms with Crippen molar-refractivity contribution < 1.29 is 15.0 Å². The predicted octanol–water partition coefficient (Wildman–Crippen LogP) is -0.0568. The van der Waals surface area contributed by atoms with Crippen LogP contribution in [0.15, 0.2) is 18.2 Å². The standard InChI is InChI=1S/C14H21N3O3/c1-9-10(15)3-2-4-11(9)16-14(20)5-6-17-7-12(18)13(19)8-17/h2-4,12-13,18-19H,5-8,15H2,1H3,(H,16,20). The molecule has 0 radical (unpaired) electrons. The Morgan fingerprint density at radius 3 is 2.70 bits per heavy atom. The molecular formula is C14H21N3O3. The van der Waals surface area contributed by atoms with Gasteiger partial charge in [-0.3, -0.25) is 9.69 Å². The van der Waals surface area contributed by atoms with Crippen LogP contribution in [0.5, 0.6) is 0 Å². The van der Waals surface area contributed by atoms with Crippen molar-refractivity contribution in [1.82, 2.24) is 4.90 Å². The number of nitrogen functional groups attached to an aromatic ring is 1. The van der Waals surface area contributed by atoms with Crippen LogP contribution in [0.3, 0.4) is 0 Å². The molecule has 0 spiro atoms. The molecule has 1 aliphatic rings. The summed E-state index contributed by atoms with van der Waals surface area (Å²) < 4.78 is 0. The molecular weight excluding hydrogens is 258 g/mol. The molecule has 110 valence electrons. The van der Waals surface area contributed by atoms with Crippen molar-refractivity contribution >= 4 is 17.3 Å². The third-order valence-corrected chi connectivity index (χ3v) is 3.64. The van der Waals surface area contributed by atoms with E-state index in [2.05, 4.69) is 5.32 Å². The van der Waals surface area contributed by atoms with Gasteiger partial charge in [-0.25, -0.2) is 0 Å². The van der Waals surface area contributed by atoms with Gasteiger partial charge < -0.3 is 21.3 Å². The Balaban J connectivity index is 1.83. The first kappa shape index (κ1) is 14.8. The van der Waals surface area contributed by atoms with Gasteiger partial charge in [0.15, 0.2) is 0 Å².